The van der Waals surface area contributed by atoms with E-state index in [0.29, 0.717) is 12.4 Å². The summed E-state index contributed by atoms with van der Waals surface area (Å²) in [6.45, 7) is 2.47. The molecule has 1 N–H and O–H groups in total. The predicted molar refractivity (Wildman–Crippen MR) is 59.9 cm³/mol. The van der Waals surface area contributed by atoms with E-state index >= 15 is 0 Å². The van der Waals surface area contributed by atoms with Crippen LogP contribution in [-0.2, 0) is 4.74 Å². The maximum Gasteiger partial charge on any atom is 0.356 e. The zero-order valence-electron chi connectivity index (χ0n) is 9.28. The maximum absolute atomic E-state index is 11.2. The van der Waals surface area contributed by atoms with Crippen LogP contribution < -0.4 is 5.32 Å². The van der Waals surface area contributed by atoms with Gasteiger partial charge < -0.3 is 10.1 Å². The molecule has 0 aromatic carbocycles. The molecule has 5 heteroatoms. The van der Waals surface area contributed by atoms with Crippen LogP contribution in [0.3, 0.4) is 0 Å². The fourth-order valence-corrected chi connectivity index (χ4v) is 1.05. The van der Waals surface area contributed by atoms with Crippen molar-refractivity contribution in [3.8, 4) is 11.8 Å². The average Bonchev–Trinajstić information content (AvgIpc) is 2.34. The Morgan fingerprint density at radius 1 is 1.56 bits per heavy atom. The normalized spacial score (nSPS) is 8.88. The van der Waals surface area contributed by atoms with Crippen molar-refractivity contribution in [1.82, 2.24) is 9.97 Å². The van der Waals surface area contributed by atoms with E-state index in [4.69, 9.17) is 0 Å². The molecular weight excluding hydrogens is 206 g/mol. The lowest BCUT2D eigenvalue weighted by molar-refractivity contribution is 0.0594. The third-order valence-electron chi connectivity index (χ3n) is 1.79. The zero-order chi connectivity index (χ0) is 11.8. The first kappa shape index (κ1) is 12.0. The minimum absolute atomic E-state index is 0.238. The number of hydrogen-bond donors (Lipinski definition) is 1. The van der Waals surface area contributed by atoms with Gasteiger partial charge in [-0.15, -0.1) is 11.8 Å². The minimum atomic E-state index is -0.473. The number of esters is 1. The first-order chi connectivity index (χ1) is 7.77. The summed E-state index contributed by atoms with van der Waals surface area (Å²) in [6.07, 6.45) is 2.05. The van der Waals surface area contributed by atoms with Crippen molar-refractivity contribution < 1.29 is 9.53 Å². The first-order valence-electron chi connectivity index (χ1n) is 4.81. The number of nitrogens with zero attached hydrogens (tertiary/aromatic N) is 2. The van der Waals surface area contributed by atoms with Crippen LogP contribution >= 0.6 is 0 Å². The Balaban J connectivity index is 2.59. The summed E-state index contributed by atoms with van der Waals surface area (Å²) in [5.41, 5.74) is 0.238. The van der Waals surface area contributed by atoms with E-state index < -0.39 is 5.97 Å². The largest absolute Gasteiger partial charge is 0.464 e. The van der Waals surface area contributed by atoms with E-state index in [9.17, 15) is 4.79 Å². The summed E-state index contributed by atoms with van der Waals surface area (Å²) in [5, 5.41) is 3.04. The highest BCUT2D eigenvalue weighted by molar-refractivity contribution is 5.87. The third-order valence-corrected chi connectivity index (χ3v) is 1.79. The van der Waals surface area contributed by atoms with Crippen molar-refractivity contribution >= 4 is 11.8 Å². The smallest absolute Gasteiger partial charge is 0.356 e. The average molecular weight is 219 g/mol. The number of ether oxygens (including phenoxy) is 1. The standard InChI is InChI=1S/C11H13N3O2/c1-3-4-5-6-12-10-7-9(11(15)16-2)13-8-14-10/h7-8H,5-6H2,1-2H3,(H,12,13,14). The number of rotatable bonds is 4. The van der Waals surface area contributed by atoms with E-state index in [1.165, 1.54) is 13.4 Å². The van der Waals surface area contributed by atoms with E-state index in [0.717, 1.165) is 6.42 Å². The highest BCUT2D eigenvalue weighted by atomic mass is 16.5. The number of carbonyl (C=O) groups is 1. The van der Waals surface area contributed by atoms with Gasteiger partial charge in [0.25, 0.3) is 0 Å². The molecule has 0 aliphatic rings. The summed E-state index contributed by atoms with van der Waals surface area (Å²) < 4.78 is 4.55. The van der Waals surface area contributed by atoms with Crippen molar-refractivity contribution in [3.05, 3.63) is 18.1 Å². The lowest BCUT2D eigenvalue weighted by Gasteiger charge is -2.03. The molecule has 0 unspecified atom stereocenters. The fraction of sp³-hybridized carbons (Fsp3) is 0.364. The van der Waals surface area contributed by atoms with E-state index in [-0.39, 0.29) is 5.69 Å². The SMILES string of the molecule is CC#CCCNc1cc(C(=O)OC)ncn1. The Morgan fingerprint density at radius 2 is 2.38 bits per heavy atom. The molecule has 0 amide bonds. The Hall–Kier alpha value is -2.09. The van der Waals surface area contributed by atoms with Crippen LogP contribution in [0.4, 0.5) is 5.82 Å². The van der Waals surface area contributed by atoms with Crippen LogP contribution in [-0.4, -0.2) is 29.6 Å². The molecule has 16 heavy (non-hydrogen) atoms. The predicted octanol–water partition coefficient (Wildman–Crippen LogP) is 1.09. The molecule has 0 atom stereocenters. The monoisotopic (exact) mass is 219 g/mol. The van der Waals surface area contributed by atoms with Crippen LogP contribution in [0.5, 0.6) is 0 Å². The second-order valence-electron chi connectivity index (χ2n) is 2.88. The molecule has 1 aromatic heterocycles. The van der Waals surface area contributed by atoms with Gasteiger partial charge in [0, 0.05) is 19.0 Å². The van der Waals surface area contributed by atoms with Crippen molar-refractivity contribution in [2.45, 2.75) is 13.3 Å². The van der Waals surface area contributed by atoms with Crippen LogP contribution in [0.25, 0.3) is 0 Å². The van der Waals surface area contributed by atoms with Gasteiger partial charge in [-0.05, 0) is 6.92 Å². The number of carbonyl (C=O) groups excluding carboxylic acids is 1. The van der Waals surface area contributed by atoms with Gasteiger partial charge in [-0.1, -0.05) is 0 Å². The Morgan fingerprint density at radius 3 is 3.06 bits per heavy atom. The number of hydrogen-bond acceptors (Lipinski definition) is 5. The van der Waals surface area contributed by atoms with Crippen molar-refractivity contribution in [1.29, 1.82) is 0 Å². The summed E-state index contributed by atoms with van der Waals surface area (Å²) in [6, 6.07) is 1.55. The van der Waals surface area contributed by atoms with Gasteiger partial charge in [0.1, 0.15) is 12.1 Å². The van der Waals surface area contributed by atoms with Crippen molar-refractivity contribution in [3.63, 3.8) is 0 Å². The topological polar surface area (TPSA) is 64.1 Å². The molecule has 0 saturated carbocycles. The quantitative estimate of drug-likeness (QED) is 0.466. The van der Waals surface area contributed by atoms with Gasteiger partial charge in [0.2, 0.25) is 0 Å². The third kappa shape index (κ3) is 3.58. The van der Waals surface area contributed by atoms with Crippen LogP contribution in [0.2, 0.25) is 0 Å². The van der Waals surface area contributed by atoms with Crippen LogP contribution in [0.1, 0.15) is 23.8 Å². The molecule has 1 heterocycles. The second kappa shape index (κ2) is 6.40. The van der Waals surface area contributed by atoms with Crippen molar-refractivity contribution in [2.24, 2.45) is 0 Å². The minimum Gasteiger partial charge on any atom is -0.464 e. The molecule has 5 nitrogen and oxygen atoms in total. The second-order valence-corrected chi connectivity index (χ2v) is 2.88. The molecule has 0 spiro atoms. The fourth-order valence-electron chi connectivity index (χ4n) is 1.05. The van der Waals surface area contributed by atoms with Crippen molar-refractivity contribution in [2.75, 3.05) is 19.0 Å². The first-order valence-corrected chi connectivity index (χ1v) is 4.81. The van der Waals surface area contributed by atoms with E-state index in [1.807, 2.05) is 0 Å². The molecule has 0 aliphatic heterocycles. The van der Waals surface area contributed by atoms with E-state index in [2.05, 4.69) is 31.9 Å². The molecule has 0 fully saturated rings. The van der Waals surface area contributed by atoms with Crippen LogP contribution in [0, 0.1) is 11.8 Å². The Bertz CT molecular complexity index is 421. The Labute approximate surface area is 94.2 Å². The number of nitrogens with one attached hydrogen (secondary N) is 1. The number of aromatic nitrogens is 2. The van der Waals surface area contributed by atoms with Gasteiger partial charge in [-0.3, -0.25) is 0 Å². The van der Waals surface area contributed by atoms with E-state index in [1.54, 1.807) is 13.0 Å². The lowest BCUT2D eigenvalue weighted by Crippen LogP contribution is -2.08. The molecule has 1 rings (SSSR count). The Kier molecular flexibility index (Phi) is 4.80. The molecule has 0 radical (unpaired) electrons. The molecule has 0 saturated heterocycles. The summed E-state index contributed by atoms with van der Waals surface area (Å²) in [5.74, 6) is 5.83. The van der Waals surface area contributed by atoms with Gasteiger partial charge in [0.05, 0.1) is 7.11 Å². The van der Waals surface area contributed by atoms with Gasteiger partial charge in [-0.25, -0.2) is 14.8 Å². The highest BCUT2D eigenvalue weighted by Crippen LogP contribution is 2.04. The number of anilines is 1. The molecule has 84 valence electrons. The van der Waals surface area contributed by atoms with Crippen LogP contribution in [0.15, 0.2) is 12.4 Å². The van der Waals surface area contributed by atoms with Gasteiger partial charge >= 0.3 is 5.97 Å². The molecule has 0 bridgehead atoms. The molecule has 0 aliphatic carbocycles. The highest BCUT2D eigenvalue weighted by Gasteiger charge is 2.07. The van der Waals surface area contributed by atoms with Gasteiger partial charge in [0.15, 0.2) is 5.69 Å². The lowest BCUT2D eigenvalue weighted by atomic mass is 10.3. The molecule has 1 aromatic rings. The zero-order valence-corrected chi connectivity index (χ0v) is 9.28. The number of methoxy groups -OCH3 is 1. The van der Waals surface area contributed by atoms with Gasteiger partial charge in [-0.2, -0.15) is 0 Å². The summed E-state index contributed by atoms with van der Waals surface area (Å²) in [4.78, 5) is 19.0. The molecular formula is C11H13N3O2. The maximum atomic E-state index is 11.2. The summed E-state index contributed by atoms with van der Waals surface area (Å²) >= 11 is 0. The summed E-state index contributed by atoms with van der Waals surface area (Å²) in [7, 11) is 1.31.